The van der Waals surface area contributed by atoms with Crippen molar-refractivity contribution in [1.82, 2.24) is 14.9 Å². The summed E-state index contributed by atoms with van der Waals surface area (Å²) in [5.74, 6) is -0.848. The van der Waals surface area contributed by atoms with Gasteiger partial charge in [-0.3, -0.25) is 4.79 Å². The zero-order valence-corrected chi connectivity index (χ0v) is 9.42. The molecule has 1 unspecified atom stereocenters. The number of carbonyl (C=O) groups excluding carboxylic acids is 2. The van der Waals surface area contributed by atoms with Crippen molar-refractivity contribution in [2.75, 3.05) is 7.11 Å². The standard InChI is InChI=1S/C8H11N3O3S/c1-4-6(15-11-10-4)7(12)9-5(2)8(13)14-3/h5H,1-3H3,(H,9,12). The largest absolute Gasteiger partial charge is 0.467 e. The van der Waals surface area contributed by atoms with Gasteiger partial charge in [0.25, 0.3) is 5.91 Å². The Morgan fingerprint density at radius 1 is 1.53 bits per heavy atom. The van der Waals surface area contributed by atoms with Crippen LogP contribution in [0.4, 0.5) is 0 Å². The Hall–Kier alpha value is -1.50. The SMILES string of the molecule is COC(=O)C(C)NC(=O)c1snnc1C. The van der Waals surface area contributed by atoms with Gasteiger partial charge in [-0.1, -0.05) is 4.49 Å². The Balaban J connectivity index is 2.64. The monoisotopic (exact) mass is 229 g/mol. The second-order valence-corrected chi connectivity index (χ2v) is 3.66. The average Bonchev–Trinajstić information content (AvgIpc) is 2.63. The van der Waals surface area contributed by atoms with Gasteiger partial charge in [-0.2, -0.15) is 0 Å². The summed E-state index contributed by atoms with van der Waals surface area (Å²) in [6, 6.07) is -0.677. The number of aromatic nitrogens is 2. The van der Waals surface area contributed by atoms with Crippen LogP contribution < -0.4 is 5.32 Å². The van der Waals surface area contributed by atoms with Crippen molar-refractivity contribution in [2.45, 2.75) is 19.9 Å². The number of methoxy groups -OCH3 is 1. The lowest BCUT2D eigenvalue weighted by Gasteiger charge is -2.10. The maximum atomic E-state index is 11.6. The van der Waals surface area contributed by atoms with Crippen molar-refractivity contribution in [3.63, 3.8) is 0 Å². The van der Waals surface area contributed by atoms with Crippen LogP contribution in [0.25, 0.3) is 0 Å². The van der Waals surface area contributed by atoms with E-state index in [9.17, 15) is 9.59 Å². The molecule has 0 spiro atoms. The van der Waals surface area contributed by atoms with Gasteiger partial charge in [-0.05, 0) is 25.4 Å². The van der Waals surface area contributed by atoms with Gasteiger partial charge in [0.05, 0.1) is 12.8 Å². The third-order valence-electron chi connectivity index (χ3n) is 1.76. The lowest BCUT2D eigenvalue weighted by Crippen LogP contribution is -2.39. The maximum absolute atomic E-state index is 11.6. The highest BCUT2D eigenvalue weighted by atomic mass is 32.1. The number of aryl methyl sites for hydroxylation is 1. The van der Waals surface area contributed by atoms with E-state index >= 15 is 0 Å². The molecule has 1 atom stereocenters. The van der Waals surface area contributed by atoms with Crippen LogP contribution >= 0.6 is 11.5 Å². The van der Waals surface area contributed by atoms with Gasteiger partial charge >= 0.3 is 5.97 Å². The molecule has 1 N–H and O–H groups in total. The van der Waals surface area contributed by atoms with Crippen molar-refractivity contribution >= 4 is 23.4 Å². The zero-order valence-electron chi connectivity index (χ0n) is 8.60. The van der Waals surface area contributed by atoms with Crippen LogP contribution in [0.2, 0.25) is 0 Å². The molecule has 15 heavy (non-hydrogen) atoms. The molecule has 0 saturated carbocycles. The second-order valence-electron chi connectivity index (χ2n) is 2.91. The van der Waals surface area contributed by atoms with Gasteiger partial charge in [0, 0.05) is 0 Å². The predicted molar refractivity (Wildman–Crippen MR) is 53.6 cm³/mol. The molecule has 1 amide bonds. The molecule has 1 heterocycles. The topological polar surface area (TPSA) is 81.2 Å². The molecule has 0 fully saturated rings. The number of hydrogen-bond acceptors (Lipinski definition) is 6. The quantitative estimate of drug-likeness (QED) is 0.745. The summed E-state index contributed by atoms with van der Waals surface area (Å²) in [4.78, 5) is 23.0. The first-order valence-corrected chi connectivity index (χ1v) is 5.01. The van der Waals surface area contributed by atoms with E-state index in [0.717, 1.165) is 11.5 Å². The third-order valence-corrected chi connectivity index (χ3v) is 2.59. The van der Waals surface area contributed by atoms with Gasteiger partial charge in [-0.15, -0.1) is 5.10 Å². The summed E-state index contributed by atoms with van der Waals surface area (Å²) in [5.41, 5.74) is 0.551. The highest BCUT2D eigenvalue weighted by molar-refractivity contribution is 7.08. The second kappa shape index (κ2) is 4.83. The van der Waals surface area contributed by atoms with Crippen molar-refractivity contribution in [1.29, 1.82) is 0 Å². The first-order valence-electron chi connectivity index (χ1n) is 4.24. The zero-order chi connectivity index (χ0) is 11.4. The first-order chi connectivity index (χ1) is 7.06. The lowest BCUT2D eigenvalue weighted by molar-refractivity contribution is -0.142. The van der Waals surface area contributed by atoms with Gasteiger partial charge in [0.1, 0.15) is 10.9 Å². The van der Waals surface area contributed by atoms with Gasteiger partial charge in [0.2, 0.25) is 0 Å². The molecule has 6 nitrogen and oxygen atoms in total. The number of carbonyl (C=O) groups is 2. The van der Waals surface area contributed by atoms with Crippen LogP contribution in [0.5, 0.6) is 0 Å². The van der Waals surface area contributed by atoms with Crippen LogP contribution in [0, 0.1) is 6.92 Å². The fraction of sp³-hybridized carbons (Fsp3) is 0.500. The van der Waals surface area contributed by atoms with E-state index in [1.807, 2.05) is 0 Å². The molecule has 82 valence electrons. The van der Waals surface area contributed by atoms with E-state index < -0.39 is 12.0 Å². The van der Waals surface area contributed by atoms with Gasteiger partial charge in [-0.25, -0.2) is 4.79 Å². The Morgan fingerprint density at radius 2 is 2.20 bits per heavy atom. The number of nitrogens with one attached hydrogen (secondary N) is 1. The molecule has 0 bridgehead atoms. The summed E-state index contributed by atoms with van der Waals surface area (Å²) in [6.45, 7) is 3.23. The molecule has 0 saturated heterocycles. The minimum atomic E-state index is -0.677. The van der Waals surface area contributed by atoms with Crippen LogP contribution in [-0.4, -0.2) is 34.6 Å². The number of ether oxygens (including phenoxy) is 1. The molecular weight excluding hydrogens is 218 g/mol. The number of hydrogen-bond donors (Lipinski definition) is 1. The number of amides is 1. The fourth-order valence-electron chi connectivity index (χ4n) is 0.938. The Kier molecular flexibility index (Phi) is 3.73. The number of rotatable bonds is 3. The van der Waals surface area contributed by atoms with E-state index in [1.54, 1.807) is 13.8 Å². The summed E-state index contributed by atoms with van der Waals surface area (Å²) in [7, 11) is 1.27. The third kappa shape index (κ3) is 2.72. The summed E-state index contributed by atoms with van der Waals surface area (Å²) < 4.78 is 8.11. The molecule has 0 aliphatic rings. The Bertz CT molecular complexity index is 377. The predicted octanol–water partition coefficient (Wildman–Crippen LogP) is 0.138. The minimum Gasteiger partial charge on any atom is -0.467 e. The molecule has 7 heteroatoms. The first kappa shape index (κ1) is 11.6. The van der Waals surface area contributed by atoms with E-state index in [1.165, 1.54) is 7.11 Å². The molecule has 1 rings (SSSR count). The molecule has 1 aromatic rings. The minimum absolute atomic E-state index is 0.361. The summed E-state index contributed by atoms with van der Waals surface area (Å²) >= 11 is 0.994. The molecular formula is C8H11N3O3S. The van der Waals surface area contributed by atoms with E-state index in [2.05, 4.69) is 19.6 Å². The van der Waals surface area contributed by atoms with Crippen LogP contribution in [0.3, 0.4) is 0 Å². The lowest BCUT2D eigenvalue weighted by atomic mass is 10.3. The maximum Gasteiger partial charge on any atom is 0.328 e. The van der Waals surface area contributed by atoms with Crippen LogP contribution in [0.1, 0.15) is 22.3 Å². The Labute approximate surface area is 90.8 Å². The van der Waals surface area contributed by atoms with E-state index in [0.29, 0.717) is 10.6 Å². The fourth-order valence-corrected chi connectivity index (χ4v) is 1.50. The molecule has 0 aromatic carbocycles. The van der Waals surface area contributed by atoms with Crippen molar-refractivity contribution in [3.8, 4) is 0 Å². The smallest absolute Gasteiger partial charge is 0.328 e. The van der Waals surface area contributed by atoms with Crippen molar-refractivity contribution in [2.24, 2.45) is 0 Å². The number of esters is 1. The highest BCUT2D eigenvalue weighted by Crippen LogP contribution is 2.08. The van der Waals surface area contributed by atoms with Gasteiger partial charge in [0.15, 0.2) is 0 Å². The van der Waals surface area contributed by atoms with Crippen molar-refractivity contribution < 1.29 is 14.3 Å². The molecule has 0 aliphatic heterocycles. The van der Waals surface area contributed by atoms with Gasteiger partial charge < -0.3 is 10.1 Å². The Morgan fingerprint density at radius 3 is 2.67 bits per heavy atom. The summed E-state index contributed by atoms with van der Waals surface area (Å²) in [6.07, 6.45) is 0. The van der Waals surface area contributed by atoms with E-state index in [-0.39, 0.29) is 5.91 Å². The molecule has 1 aromatic heterocycles. The summed E-state index contributed by atoms with van der Waals surface area (Å²) in [5, 5.41) is 6.19. The number of nitrogens with zero attached hydrogens (tertiary/aromatic N) is 2. The average molecular weight is 229 g/mol. The van der Waals surface area contributed by atoms with E-state index in [4.69, 9.17) is 0 Å². The highest BCUT2D eigenvalue weighted by Gasteiger charge is 2.19. The van der Waals surface area contributed by atoms with Crippen LogP contribution in [-0.2, 0) is 9.53 Å². The molecule has 0 aliphatic carbocycles. The van der Waals surface area contributed by atoms with Crippen molar-refractivity contribution in [3.05, 3.63) is 10.6 Å². The van der Waals surface area contributed by atoms with Crippen LogP contribution in [0.15, 0.2) is 0 Å². The normalized spacial score (nSPS) is 11.9. The molecule has 0 radical (unpaired) electrons.